The van der Waals surface area contributed by atoms with Gasteiger partial charge in [-0.3, -0.25) is 19.3 Å². The second-order valence-electron chi connectivity index (χ2n) is 8.74. The maximum absolute atomic E-state index is 15.3. The molecule has 0 saturated heterocycles. The van der Waals surface area contributed by atoms with Crippen molar-refractivity contribution in [2.45, 2.75) is 37.5 Å². The number of carboxylic acid groups (broad SMARTS) is 1. The first kappa shape index (κ1) is 23.6. The summed E-state index contributed by atoms with van der Waals surface area (Å²) in [7, 11) is 0. The number of imide groups is 1. The maximum atomic E-state index is 15.3. The number of carbonyl (C=O) groups is 3. The van der Waals surface area contributed by atoms with E-state index in [1.165, 1.54) is 6.08 Å². The smallest absolute Gasteiger partial charge is 0.309 e. The van der Waals surface area contributed by atoms with Crippen LogP contribution in [0, 0.1) is 5.92 Å². The van der Waals surface area contributed by atoms with Gasteiger partial charge in [0.15, 0.2) is 0 Å². The van der Waals surface area contributed by atoms with Crippen LogP contribution in [0.25, 0.3) is 5.57 Å². The van der Waals surface area contributed by atoms with E-state index < -0.39 is 35.5 Å². The molecule has 2 aliphatic rings. The van der Waals surface area contributed by atoms with Gasteiger partial charge in [-0.25, -0.2) is 4.39 Å². The van der Waals surface area contributed by atoms with Crippen LogP contribution in [0.2, 0.25) is 0 Å². The van der Waals surface area contributed by atoms with Gasteiger partial charge in [0.2, 0.25) is 0 Å². The monoisotopic (exact) mass is 463 g/mol. The number of carbonyl (C=O) groups excluding carboxylic acids is 2. The molecule has 4 rings (SSSR count). The molecule has 6 nitrogen and oxygen atoms in total. The van der Waals surface area contributed by atoms with Crippen molar-refractivity contribution in [2.75, 3.05) is 6.54 Å². The minimum Gasteiger partial charge on any atom is -0.481 e. The van der Waals surface area contributed by atoms with Crippen LogP contribution in [-0.4, -0.2) is 51.2 Å². The lowest BCUT2D eigenvalue weighted by atomic mass is 9.85. The predicted octanol–water partition coefficient (Wildman–Crippen LogP) is 4.27. The first-order chi connectivity index (χ1) is 16.3. The second kappa shape index (κ2) is 9.73. The highest BCUT2D eigenvalue weighted by atomic mass is 19.1. The Hall–Kier alpha value is -3.58. The van der Waals surface area contributed by atoms with Crippen molar-refractivity contribution in [2.24, 2.45) is 5.92 Å². The van der Waals surface area contributed by atoms with E-state index in [2.05, 4.69) is 0 Å². The molecular formula is C27H26FNO5. The average molecular weight is 464 g/mol. The molecule has 0 fully saturated rings. The van der Waals surface area contributed by atoms with E-state index in [9.17, 15) is 24.6 Å². The van der Waals surface area contributed by atoms with Crippen molar-refractivity contribution >= 4 is 23.4 Å². The van der Waals surface area contributed by atoms with E-state index in [-0.39, 0.29) is 43.4 Å². The SMILES string of the molecule is O=C(O)C(CCN1C(=O)c2ccccc2C1=O)C(O)CCC1(F)C=CC(c2ccccc2)=CC1. The van der Waals surface area contributed by atoms with Crippen molar-refractivity contribution in [1.82, 2.24) is 4.90 Å². The molecule has 1 heterocycles. The van der Waals surface area contributed by atoms with E-state index in [0.717, 1.165) is 16.0 Å². The minimum absolute atomic E-state index is 0.0416. The van der Waals surface area contributed by atoms with Crippen LogP contribution < -0.4 is 0 Å². The molecule has 1 aliphatic carbocycles. The number of amides is 2. The number of aliphatic carboxylic acids is 1. The van der Waals surface area contributed by atoms with Gasteiger partial charge in [-0.05, 0) is 48.6 Å². The summed E-state index contributed by atoms with van der Waals surface area (Å²) in [5, 5.41) is 20.2. The number of aliphatic hydroxyl groups is 1. The average Bonchev–Trinajstić information content (AvgIpc) is 3.09. The Labute approximate surface area is 197 Å². The Bertz CT molecular complexity index is 1120. The first-order valence-electron chi connectivity index (χ1n) is 11.3. The fourth-order valence-corrected chi connectivity index (χ4v) is 4.46. The molecule has 0 bridgehead atoms. The number of benzene rings is 2. The molecule has 0 radical (unpaired) electrons. The van der Waals surface area contributed by atoms with Gasteiger partial charge in [0.25, 0.3) is 11.8 Å². The van der Waals surface area contributed by atoms with Crippen LogP contribution in [0.5, 0.6) is 0 Å². The lowest BCUT2D eigenvalue weighted by Gasteiger charge is -2.27. The van der Waals surface area contributed by atoms with Gasteiger partial charge in [-0.15, -0.1) is 0 Å². The lowest BCUT2D eigenvalue weighted by Crippen LogP contribution is -2.37. The Morgan fingerprint density at radius 2 is 1.62 bits per heavy atom. The van der Waals surface area contributed by atoms with Gasteiger partial charge in [0.1, 0.15) is 5.67 Å². The number of aliphatic hydroxyl groups excluding tert-OH is 1. The number of fused-ring (bicyclic) bond motifs is 1. The molecule has 0 saturated carbocycles. The molecule has 2 amide bonds. The molecular weight excluding hydrogens is 437 g/mol. The van der Waals surface area contributed by atoms with Crippen LogP contribution in [0.4, 0.5) is 4.39 Å². The Balaban J connectivity index is 1.33. The highest BCUT2D eigenvalue weighted by Crippen LogP contribution is 2.34. The zero-order chi connectivity index (χ0) is 24.3. The largest absolute Gasteiger partial charge is 0.481 e. The Morgan fingerprint density at radius 1 is 1.00 bits per heavy atom. The normalized spacial score (nSPS) is 21.2. The van der Waals surface area contributed by atoms with Gasteiger partial charge in [-0.1, -0.05) is 54.6 Å². The molecule has 1 aliphatic heterocycles. The standard InChI is InChI=1S/C27H26FNO5/c28-27(14-10-19(11-15-27)18-6-2-1-3-7-18)16-12-23(30)22(26(33)34)13-17-29-24(31)20-8-4-5-9-21(20)25(29)32/h1-11,14,22-23,30H,12-13,15-17H2,(H,33,34). The van der Waals surface area contributed by atoms with Gasteiger partial charge >= 0.3 is 5.97 Å². The van der Waals surface area contributed by atoms with Gasteiger partial charge in [-0.2, -0.15) is 0 Å². The molecule has 3 unspecified atom stereocenters. The summed E-state index contributed by atoms with van der Waals surface area (Å²) in [4.78, 5) is 37.8. The highest BCUT2D eigenvalue weighted by molar-refractivity contribution is 6.21. The number of nitrogens with zero attached hydrogens (tertiary/aromatic N) is 1. The third-order valence-corrected chi connectivity index (χ3v) is 6.51. The number of allylic oxidation sites excluding steroid dienone is 4. The third kappa shape index (κ3) is 4.84. The maximum Gasteiger partial charge on any atom is 0.309 e. The second-order valence-corrected chi connectivity index (χ2v) is 8.74. The summed E-state index contributed by atoms with van der Waals surface area (Å²) in [6, 6.07) is 16.0. The minimum atomic E-state index is -1.68. The van der Waals surface area contributed by atoms with Crippen molar-refractivity contribution in [3.8, 4) is 0 Å². The molecule has 34 heavy (non-hydrogen) atoms. The van der Waals surface area contributed by atoms with Crippen LogP contribution in [-0.2, 0) is 4.79 Å². The summed E-state index contributed by atoms with van der Waals surface area (Å²) < 4.78 is 15.3. The number of hydrogen-bond donors (Lipinski definition) is 2. The third-order valence-electron chi connectivity index (χ3n) is 6.51. The van der Waals surface area contributed by atoms with Crippen molar-refractivity contribution in [3.05, 3.63) is 89.5 Å². The molecule has 2 aromatic carbocycles. The van der Waals surface area contributed by atoms with Crippen LogP contribution >= 0.6 is 0 Å². The summed E-state index contributed by atoms with van der Waals surface area (Å²) >= 11 is 0. The summed E-state index contributed by atoms with van der Waals surface area (Å²) in [6.45, 7) is -0.135. The molecule has 0 aromatic heterocycles. The topological polar surface area (TPSA) is 94.9 Å². The molecule has 2 N–H and O–H groups in total. The number of alkyl halides is 1. The summed E-state index contributed by atoms with van der Waals surface area (Å²) in [5.41, 5.74) is 0.793. The number of rotatable bonds is 9. The van der Waals surface area contributed by atoms with Gasteiger partial charge < -0.3 is 10.2 Å². The van der Waals surface area contributed by atoms with E-state index >= 15 is 4.39 Å². The fourth-order valence-electron chi connectivity index (χ4n) is 4.46. The highest BCUT2D eigenvalue weighted by Gasteiger charge is 2.37. The number of hydrogen-bond acceptors (Lipinski definition) is 4. The van der Waals surface area contributed by atoms with E-state index in [1.807, 2.05) is 30.3 Å². The van der Waals surface area contributed by atoms with Crippen molar-refractivity contribution < 1.29 is 29.0 Å². The summed E-state index contributed by atoms with van der Waals surface area (Å²) in [6.07, 6.45) is 3.59. The Morgan fingerprint density at radius 3 is 2.18 bits per heavy atom. The van der Waals surface area contributed by atoms with Gasteiger partial charge in [0, 0.05) is 13.0 Å². The molecule has 2 aromatic rings. The van der Waals surface area contributed by atoms with Crippen LogP contribution in [0.1, 0.15) is 52.0 Å². The van der Waals surface area contributed by atoms with Gasteiger partial charge in [0.05, 0.1) is 23.1 Å². The number of halogens is 1. The molecule has 176 valence electrons. The van der Waals surface area contributed by atoms with E-state index in [1.54, 1.807) is 36.4 Å². The molecule has 3 atom stereocenters. The molecule has 0 spiro atoms. The zero-order valence-corrected chi connectivity index (χ0v) is 18.6. The Kier molecular flexibility index (Phi) is 6.75. The number of carboxylic acids is 1. The van der Waals surface area contributed by atoms with Crippen LogP contribution in [0.3, 0.4) is 0 Å². The van der Waals surface area contributed by atoms with E-state index in [0.29, 0.717) is 0 Å². The van der Waals surface area contributed by atoms with Crippen molar-refractivity contribution in [1.29, 1.82) is 0 Å². The lowest BCUT2D eigenvalue weighted by molar-refractivity contribution is -0.146. The molecule has 7 heteroatoms. The summed E-state index contributed by atoms with van der Waals surface area (Å²) in [5.74, 6) is -3.43. The predicted molar refractivity (Wildman–Crippen MR) is 125 cm³/mol. The van der Waals surface area contributed by atoms with Crippen molar-refractivity contribution in [3.63, 3.8) is 0 Å². The first-order valence-corrected chi connectivity index (χ1v) is 11.3. The van der Waals surface area contributed by atoms with Crippen LogP contribution in [0.15, 0.2) is 72.8 Å². The zero-order valence-electron chi connectivity index (χ0n) is 18.6. The quantitative estimate of drug-likeness (QED) is 0.542. The van der Waals surface area contributed by atoms with E-state index in [4.69, 9.17) is 0 Å². The fraction of sp³-hybridized carbons (Fsp3) is 0.296.